The molecule has 1 aliphatic heterocycles. The van der Waals surface area contributed by atoms with Crippen LogP contribution in [0, 0.1) is 12.7 Å². The Kier molecular flexibility index (Phi) is 6.69. The van der Waals surface area contributed by atoms with Gasteiger partial charge in [0.25, 0.3) is 0 Å². The van der Waals surface area contributed by atoms with E-state index in [1.54, 1.807) is 26.2 Å². The van der Waals surface area contributed by atoms with Crippen LogP contribution < -0.4 is 10.6 Å². The number of nitrogens with zero attached hydrogens (tertiary/aromatic N) is 1. The predicted molar refractivity (Wildman–Crippen MR) is 89.2 cm³/mol. The minimum Gasteiger partial charge on any atom is -0.383 e. The molecule has 1 aromatic rings. The second-order valence-corrected chi connectivity index (χ2v) is 6.02. The Balaban J connectivity index is 1.84. The Morgan fingerprint density at radius 2 is 2.17 bits per heavy atom. The summed E-state index contributed by atoms with van der Waals surface area (Å²) in [4.78, 5) is 26.2. The first-order valence-corrected chi connectivity index (χ1v) is 8.09. The molecule has 2 N–H and O–H groups in total. The molecule has 0 aromatic heterocycles. The monoisotopic (exact) mass is 337 g/mol. The number of carbonyl (C=O) groups excluding carboxylic acids is 2. The molecule has 132 valence electrons. The highest BCUT2D eigenvalue weighted by molar-refractivity contribution is 6.39. The number of amides is 2. The van der Waals surface area contributed by atoms with Crippen molar-refractivity contribution in [1.82, 2.24) is 10.2 Å². The van der Waals surface area contributed by atoms with Crippen LogP contribution in [-0.2, 0) is 14.3 Å². The lowest BCUT2D eigenvalue weighted by atomic mass is 10.1. The number of aryl methyl sites for hydroxylation is 1. The molecule has 0 spiro atoms. The maximum absolute atomic E-state index is 13.5. The first-order chi connectivity index (χ1) is 11.5. The summed E-state index contributed by atoms with van der Waals surface area (Å²) in [5.41, 5.74) is 0.749. The van der Waals surface area contributed by atoms with E-state index in [0.717, 1.165) is 25.9 Å². The number of halogens is 1. The topological polar surface area (TPSA) is 70.7 Å². The number of ether oxygens (including phenoxy) is 1. The number of hydrogen-bond acceptors (Lipinski definition) is 4. The predicted octanol–water partition coefficient (Wildman–Crippen LogP) is 1.30. The summed E-state index contributed by atoms with van der Waals surface area (Å²) < 4.78 is 18.5. The molecule has 2 amide bonds. The summed E-state index contributed by atoms with van der Waals surface area (Å²) in [6, 6.07) is 4.26. The number of methoxy groups -OCH3 is 1. The molecule has 2 rings (SSSR count). The van der Waals surface area contributed by atoms with E-state index >= 15 is 0 Å². The van der Waals surface area contributed by atoms with Crippen LogP contribution in [0.2, 0.25) is 0 Å². The molecule has 1 saturated heterocycles. The van der Waals surface area contributed by atoms with Gasteiger partial charge in [-0.1, -0.05) is 6.07 Å². The molecule has 1 aliphatic rings. The molecule has 1 aromatic carbocycles. The van der Waals surface area contributed by atoms with E-state index in [-0.39, 0.29) is 11.7 Å². The summed E-state index contributed by atoms with van der Waals surface area (Å²) in [5, 5.41) is 5.16. The van der Waals surface area contributed by atoms with Gasteiger partial charge in [0.15, 0.2) is 0 Å². The lowest BCUT2D eigenvalue weighted by molar-refractivity contribution is -0.136. The highest BCUT2D eigenvalue weighted by Crippen LogP contribution is 2.14. The maximum Gasteiger partial charge on any atom is 0.313 e. The summed E-state index contributed by atoms with van der Waals surface area (Å²) in [6.45, 7) is 4.73. The molecule has 1 atom stereocenters. The quantitative estimate of drug-likeness (QED) is 0.795. The highest BCUT2D eigenvalue weighted by atomic mass is 19.1. The second kappa shape index (κ2) is 8.75. The van der Waals surface area contributed by atoms with Crippen LogP contribution in [0.5, 0.6) is 0 Å². The number of piperidine rings is 1. The molecule has 6 nitrogen and oxygen atoms in total. The van der Waals surface area contributed by atoms with Crippen LogP contribution in [0.4, 0.5) is 10.1 Å². The van der Waals surface area contributed by atoms with Gasteiger partial charge in [-0.2, -0.15) is 0 Å². The number of hydrogen-bond donors (Lipinski definition) is 2. The van der Waals surface area contributed by atoms with Crippen molar-refractivity contribution in [2.75, 3.05) is 38.7 Å². The van der Waals surface area contributed by atoms with Gasteiger partial charge < -0.3 is 15.4 Å². The Labute approximate surface area is 141 Å². The van der Waals surface area contributed by atoms with Crippen LogP contribution >= 0.6 is 0 Å². The van der Waals surface area contributed by atoms with Gasteiger partial charge in [0.1, 0.15) is 5.82 Å². The van der Waals surface area contributed by atoms with Crippen molar-refractivity contribution in [3.63, 3.8) is 0 Å². The zero-order chi connectivity index (χ0) is 17.5. The molecule has 0 saturated carbocycles. The minimum atomic E-state index is -0.785. The third kappa shape index (κ3) is 5.28. The van der Waals surface area contributed by atoms with Crippen LogP contribution in [0.1, 0.15) is 18.4 Å². The number of carbonyl (C=O) groups is 2. The molecule has 0 unspecified atom stereocenters. The molecule has 1 heterocycles. The van der Waals surface area contributed by atoms with Crippen molar-refractivity contribution in [2.24, 2.45) is 0 Å². The molecule has 24 heavy (non-hydrogen) atoms. The van der Waals surface area contributed by atoms with Crippen molar-refractivity contribution < 1.29 is 18.7 Å². The molecule has 1 fully saturated rings. The Bertz CT molecular complexity index is 594. The van der Waals surface area contributed by atoms with Gasteiger partial charge in [0.2, 0.25) is 0 Å². The normalized spacial score (nSPS) is 18.2. The van der Waals surface area contributed by atoms with Crippen LogP contribution in [0.25, 0.3) is 0 Å². The van der Waals surface area contributed by atoms with E-state index < -0.39 is 17.6 Å². The van der Waals surface area contributed by atoms with Gasteiger partial charge in [-0.3, -0.25) is 14.5 Å². The molecule has 0 aliphatic carbocycles. The van der Waals surface area contributed by atoms with E-state index in [0.29, 0.717) is 18.7 Å². The van der Waals surface area contributed by atoms with Crippen molar-refractivity contribution in [3.8, 4) is 0 Å². The number of rotatable bonds is 5. The SMILES string of the molecule is COCCN1CCC[C@H](NC(=O)C(=O)Nc2ccc(C)c(F)c2)C1. The van der Waals surface area contributed by atoms with Crippen LogP contribution in [0.15, 0.2) is 18.2 Å². The lowest BCUT2D eigenvalue weighted by Gasteiger charge is -2.32. The smallest absolute Gasteiger partial charge is 0.313 e. The zero-order valence-electron chi connectivity index (χ0n) is 14.1. The summed E-state index contributed by atoms with van der Waals surface area (Å²) in [5.74, 6) is -1.91. The highest BCUT2D eigenvalue weighted by Gasteiger charge is 2.24. The number of likely N-dealkylation sites (tertiary alicyclic amines) is 1. The first-order valence-electron chi connectivity index (χ1n) is 8.09. The van der Waals surface area contributed by atoms with E-state index in [1.807, 2.05) is 0 Å². The number of anilines is 1. The van der Waals surface area contributed by atoms with Gasteiger partial charge in [0.05, 0.1) is 6.61 Å². The van der Waals surface area contributed by atoms with Crippen LogP contribution in [0.3, 0.4) is 0 Å². The Morgan fingerprint density at radius 3 is 2.88 bits per heavy atom. The van der Waals surface area contributed by atoms with Crippen molar-refractivity contribution >= 4 is 17.5 Å². The Hall–Kier alpha value is -1.99. The zero-order valence-corrected chi connectivity index (χ0v) is 14.1. The molecular weight excluding hydrogens is 313 g/mol. The van der Waals surface area contributed by atoms with Gasteiger partial charge in [-0.05, 0) is 44.0 Å². The first kappa shape index (κ1) is 18.4. The molecule has 7 heteroatoms. The fraction of sp³-hybridized carbons (Fsp3) is 0.529. The van der Waals surface area contributed by atoms with Crippen LogP contribution in [-0.4, -0.2) is 56.1 Å². The fourth-order valence-corrected chi connectivity index (χ4v) is 2.71. The van der Waals surface area contributed by atoms with E-state index in [1.165, 1.54) is 6.07 Å². The minimum absolute atomic E-state index is 0.0661. The fourth-order valence-electron chi connectivity index (χ4n) is 2.71. The van der Waals surface area contributed by atoms with E-state index in [4.69, 9.17) is 4.74 Å². The van der Waals surface area contributed by atoms with Gasteiger partial charge in [-0.25, -0.2) is 4.39 Å². The van der Waals surface area contributed by atoms with Crippen molar-refractivity contribution in [2.45, 2.75) is 25.8 Å². The number of benzene rings is 1. The molecule has 0 bridgehead atoms. The number of nitrogens with one attached hydrogen (secondary N) is 2. The Morgan fingerprint density at radius 1 is 1.38 bits per heavy atom. The van der Waals surface area contributed by atoms with Gasteiger partial charge in [-0.15, -0.1) is 0 Å². The third-order valence-corrected chi connectivity index (χ3v) is 4.09. The molecule has 0 radical (unpaired) electrons. The van der Waals surface area contributed by atoms with Crippen molar-refractivity contribution in [1.29, 1.82) is 0 Å². The van der Waals surface area contributed by atoms with Gasteiger partial charge >= 0.3 is 11.8 Å². The summed E-state index contributed by atoms with van der Waals surface area (Å²) >= 11 is 0. The third-order valence-electron chi connectivity index (χ3n) is 4.09. The largest absolute Gasteiger partial charge is 0.383 e. The average Bonchev–Trinajstić information content (AvgIpc) is 2.56. The lowest BCUT2D eigenvalue weighted by Crippen LogP contribution is -2.50. The van der Waals surface area contributed by atoms with E-state index in [2.05, 4.69) is 15.5 Å². The average molecular weight is 337 g/mol. The maximum atomic E-state index is 13.5. The van der Waals surface area contributed by atoms with Crippen molar-refractivity contribution in [3.05, 3.63) is 29.6 Å². The van der Waals surface area contributed by atoms with E-state index in [9.17, 15) is 14.0 Å². The molecular formula is C17H24FN3O3. The standard InChI is InChI=1S/C17H24FN3O3/c1-12-5-6-13(10-15(12)18)19-16(22)17(23)20-14-4-3-7-21(11-14)8-9-24-2/h5-6,10,14H,3-4,7-9,11H2,1-2H3,(H,19,22)(H,20,23)/t14-/m0/s1. The summed E-state index contributed by atoms with van der Waals surface area (Å²) in [7, 11) is 1.65. The van der Waals surface area contributed by atoms with Gasteiger partial charge in [0, 0.05) is 31.9 Å². The second-order valence-electron chi connectivity index (χ2n) is 6.02. The summed E-state index contributed by atoms with van der Waals surface area (Å²) in [6.07, 6.45) is 1.79.